The van der Waals surface area contributed by atoms with E-state index in [1.54, 1.807) is 25.3 Å². The first-order chi connectivity index (χ1) is 7.58. The van der Waals surface area contributed by atoms with Gasteiger partial charge in [-0.05, 0) is 36.0 Å². The Morgan fingerprint density at radius 1 is 1.38 bits per heavy atom. The Morgan fingerprint density at radius 2 is 2.00 bits per heavy atom. The second-order valence-corrected chi connectivity index (χ2v) is 3.79. The van der Waals surface area contributed by atoms with E-state index in [0.29, 0.717) is 10.8 Å². The molecule has 0 radical (unpaired) electrons. The molecule has 1 heterocycles. The Kier molecular flexibility index (Phi) is 2.70. The minimum atomic E-state index is -0.305. The predicted octanol–water partition coefficient (Wildman–Crippen LogP) is 1.51. The molecule has 1 amide bonds. The number of hydrogen-bond acceptors (Lipinski definition) is 2. The molecule has 2 rings (SSSR count). The summed E-state index contributed by atoms with van der Waals surface area (Å²) in [5.41, 5.74) is 1.15. The van der Waals surface area contributed by atoms with Crippen LogP contribution in [0, 0.1) is 5.82 Å². The summed E-state index contributed by atoms with van der Waals surface area (Å²) in [5.74, 6) is -0.491. The zero-order chi connectivity index (χ0) is 11.7. The number of halogens is 1. The number of nitrogens with one attached hydrogen (secondary N) is 1. The summed E-state index contributed by atoms with van der Waals surface area (Å²) in [7, 11) is 1.60. The molecule has 3 nitrogen and oxygen atoms in total. The Balaban J connectivity index is 2.29. The van der Waals surface area contributed by atoms with Crippen LogP contribution >= 0.6 is 12.2 Å². The highest BCUT2D eigenvalue weighted by atomic mass is 32.1. The van der Waals surface area contributed by atoms with Gasteiger partial charge in [0.1, 0.15) is 11.5 Å². The minimum absolute atomic E-state index is 0.186. The van der Waals surface area contributed by atoms with Gasteiger partial charge in [-0.1, -0.05) is 12.1 Å². The highest BCUT2D eigenvalue weighted by Crippen LogP contribution is 2.12. The molecule has 0 bridgehead atoms. The second kappa shape index (κ2) is 4.02. The summed E-state index contributed by atoms with van der Waals surface area (Å²) in [4.78, 5) is 13.0. The van der Waals surface area contributed by atoms with E-state index in [9.17, 15) is 9.18 Å². The Hall–Kier alpha value is -1.75. The lowest BCUT2D eigenvalue weighted by molar-refractivity contribution is -0.121. The average molecular weight is 236 g/mol. The minimum Gasteiger partial charge on any atom is -0.328 e. The van der Waals surface area contributed by atoms with Crippen molar-refractivity contribution in [2.45, 2.75) is 0 Å². The molecule has 0 aliphatic carbocycles. The fourth-order valence-electron chi connectivity index (χ4n) is 1.35. The summed E-state index contributed by atoms with van der Waals surface area (Å²) in [6.45, 7) is 0. The topological polar surface area (TPSA) is 32.3 Å². The molecule has 1 N–H and O–H groups in total. The molecule has 0 unspecified atom stereocenters. The van der Waals surface area contributed by atoms with E-state index in [4.69, 9.17) is 12.2 Å². The molecule has 1 aliphatic rings. The maximum atomic E-state index is 12.7. The van der Waals surface area contributed by atoms with E-state index >= 15 is 0 Å². The van der Waals surface area contributed by atoms with Crippen molar-refractivity contribution in [2.75, 3.05) is 7.05 Å². The largest absolute Gasteiger partial charge is 0.328 e. The fraction of sp³-hybridized carbons (Fsp3) is 0.0909. The Morgan fingerprint density at radius 3 is 2.50 bits per heavy atom. The van der Waals surface area contributed by atoms with Crippen LogP contribution in [0.2, 0.25) is 0 Å². The van der Waals surface area contributed by atoms with Gasteiger partial charge in [0, 0.05) is 7.05 Å². The molecule has 16 heavy (non-hydrogen) atoms. The maximum absolute atomic E-state index is 12.7. The van der Waals surface area contributed by atoms with Gasteiger partial charge in [-0.3, -0.25) is 9.69 Å². The normalized spacial score (nSPS) is 18.1. The number of amides is 1. The van der Waals surface area contributed by atoms with Gasteiger partial charge < -0.3 is 5.32 Å². The van der Waals surface area contributed by atoms with Crippen LogP contribution in [0.25, 0.3) is 6.08 Å². The standard InChI is InChI=1S/C11H9FN2OS/c1-14-10(15)9(13-11(14)16)6-7-2-4-8(12)5-3-7/h2-6H,1H3,(H,13,16)/b9-6+. The highest BCUT2D eigenvalue weighted by molar-refractivity contribution is 7.80. The van der Waals surface area contributed by atoms with E-state index in [-0.39, 0.29) is 11.7 Å². The van der Waals surface area contributed by atoms with Gasteiger partial charge in [0.2, 0.25) is 0 Å². The maximum Gasteiger partial charge on any atom is 0.276 e. The zero-order valence-corrected chi connectivity index (χ0v) is 9.34. The molecule has 0 atom stereocenters. The third kappa shape index (κ3) is 1.94. The number of carbonyl (C=O) groups excluding carboxylic acids is 1. The first-order valence-electron chi connectivity index (χ1n) is 4.64. The van der Waals surface area contributed by atoms with E-state index in [2.05, 4.69) is 5.32 Å². The van der Waals surface area contributed by atoms with Crippen LogP contribution in [0.5, 0.6) is 0 Å². The van der Waals surface area contributed by atoms with Crippen LogP contribution < -0.4 is 5.32 Å². The number of likely N-dealkylation sites (N-methyl/N-ethyl adjacent to an activating group) is 1. The van der Waals surface area contributed by atoms with Gasteiger partial charge in [0.05, 0.1) is 0 Å². The number of thiocarbonyl (C=S) groups is 1. The van der Waals surface area contributed by atoms with Crippen LogP contribution in [0.1, 0.15) is 5.56 Å². The lowest BCUT2D eigenvalue weighted by Gasteiger charge is -2.02. The summed E-state index contributed by atoms with van der Waals surface area (Å²) in [5, 5.41) is 3.17. The first-order valence-corrected chi connectivity index (χ1v) is 5.05. The fourth-order valence-corrected chi connectivity index (χ4v) is 1.54. The molecule has 0 spiro atoms. The summed E-state index contributed by atoms with van der Waals surface area (Å²) >= 11 is 4.93. The number of benzene rings is 1. The lowest BCUT2D eigenvalue weighted by atomic mass is 10.2. The number of nitrogens with zero attached hydrogens (tertiary/aromatic N) is 1. The molecule has 1 aliphatic heterocycles. The van der Waals surface area contributed by atoms with Crippen molar-refractivity contribution in [1.29, 1.82) is 0 Å². The zero-order valence-electron chi connectivity index (χ0n) is 8.53. The number of rotatable bonds is 1. The first kappa shape index (κ1) is 10.8. The van der Waals surface area contributed by atoms with Gasteiger partial charge >= 0.3 is 0 Å². The third-order valence-corrected chi connectivity index (χ3v) is 2.64. The molecule has 1 aromatic carbocycles. The monoisotopic (exact) mass is 236 g/mol. The van der Waals surface area contributed by atoms with Crippen molar-refractivity contribution in [3.63, 3.8) is 0 Å². The summed E-state index contributed by atoms with van der Waals surface area (Å²) in [6.07, 6.45) is 1.64. The van der Waals surface area contributed by atoms with Crippen LogP contribution in [0.4, 0.5) is 4.39 Å². The van der Waals surface area contributed by atoms with Crippen LogP contribution in [-0.2, 0) is 4.79 Å². The molecular weight excluding hydrogens is 227 g/mol. The van der Waals surface area contributed by atoms with Gasteiger partial charge in [-0.25, -0.2) is 4.39 Å². The Bertz CT molecular complexity index is 481. The molecule has 0 saturated carbocycles. The molecule has 0 aromatic heterocycles. The van der Waals surface area contributed by atoms with Crippen molar-refractivity contribution in [1.82, 2.24) is 10.2 Å². The molecule has 1 saturated heterocycles. The van der Waals surface area contributed by atoms with Crippen molar-refractivity contribution in [2.24, 2.45) is 0 Å². The van der Waals surface area contributed by atoms with E-state index in [1.165, 1.54) is 17.0 Å². The molecule has 5 heteroatoms. The van der Waals surface area contributed by atoms with E-state index < -0.39 is 0 Å². The van der Waals surface area contributed by atoms with Gasteiger partial charge in [0.15, 0.2) is 5.11 Å². The molecular formula is C11H9FN2OS. The van der Waals surface area contributed by atoms with Crippen molar-refractivity contribution in [3.05, 3.63) is 41.3 Å². The molecule has 82 valence electrons. The van der Waals surface area contributed by atoms with Gasteiger partial charge in [-0.15, -0.1) is 0 Å². The van der Waals surface area contributed by atoms with Gasteiger partial charge in [-0.2, -0.15) is 0 Å². The van der Waals surface area contributed by atoms with Crippen LogP contribution in [0.15, 0.2) is 30.0 Å². The summed E-state index contributed by atoms with van der Waals surface area (Å²) in [6, 6.07) is 5.87. The number of hydrogen-bond donors (Lipinski definition) is 1. The van der Waals surface area contributed by atoms with Crippen molar-refractivity contribution < 1.29 is 9.18 Å². The van der Waals surface area contributed by atoms with Crippen molar-refractivity contribution >= 4 is 29.3 Å². The van der Waals surface area contributed by atoms with E-state index in [1.807, 2.05) is 0 Å². The second-order valence-electron chi connectivity index (χ2n) is 3.40. The SMILES string of the molecule is CN1C(=O)/C(=C\c2ccc(F)cc2)NC1=S. The van der Waals surface area contributed by atoms with Crippen LogP contribution in [-0.4, -0.2) is 23.0 Å². The van der Waals surface area contributed by atoms with Crippen molar-refractivity contribution in [3.8, 4) is 0 Å². The third-order valence-electron chi connectivity index (χ3n) is 2.26. The summed E-state index contributed by atoms with van der Waals surface area (Å²) < 4.78 is 12.7. The quantitative estimate of drug-likeness (QED) is 0.592. The highest BCUT2D eigenvalue weighted by Gasteiger charge is 2.26. The van der Waals surface area contributed by atoms with Gasteiger partial charge in [0.25, 0.3) is 5.91 Å². The molecule has 1 fully saturated rings. The molecule has 1 aromatic rings. The van der Waals surface area contributed by atoms with E-state index in [0.717, 1.165) is 5.56 Å². The lowest BCUT2D eigenvalue weighted by Crippen LogP contribution is -2.25. The smallest absolute Gasteiger partial charge is 0.276 e. The average Bonchev–Trinajstić information content (AvgIpc) is 2.50. The predicted molar refractivity (Wildman–Crippen MR) is 62.9 cm³/mol. The van der Waals surface area contributed by atoms with Crippen LogP contribution in [0.3, 0.4) is 0 Å². The number of carbonyl (C=O) groups is 1. The Labute approximate surface area is 97.6 Å².